The Morgan fingerprint density at radius 3 is 2.75 bits per heavy atom. The molecule has 2 nitrogen and oxygen atoms in total. The van der Waals surface area contributed by atoms with E-state index >= 15 is 0 Å². The summed E-state index contributed by atoms with van der Waals surface area (Å²) in [5.74, 6) is 0.701. The maximum atomic E-state index is 5.96. The molecule has 4 heteroatoms. The molecule has 1 aliphatic carbocycles. The molecule has 0 bridgehead atoms. The van der Waals surface area contributed by atoms with Crippen LogP contribution in [0.25, 0.3) is 0 Å². The van der Waals surface area contributed by atoms with Crippen molar-refractivity contribution in [1.82, 2.24) is 0 Å². The molecule has 88 valence electrons. The van der Waals surface area contributed by atoms with Gasteiger partial charge in [0.25, 0.3) is 0 Å². The van der Waals surface area contributed by atoms with Gasteiger partial charge in [0.2, 0.25) is 0 Å². The van der Waals surface area contributed by atoms with Crippen molar-refractivity contribution in [3.8, 4) is 0 Å². The van der Waals surface area contributed by atoms with Gasteiger partial charge in [-0.1, -0.05) is 11.6 Å². The summed E-state index contributed by atoms with van der Waals surface area (Å²) in [5, 5.41) is 4.25. The molecule has 1 saturated carbocycles. The second kappa shape index (κ2) is 4.55. The third kappa shape index (κ3) is 2.53. The van der Waals surface area contributed by atoms with E-state index in [1.807, 2.05) is 18.2 Å². The molecule has 0 spiro atoms. The third-order valence-corrected chi connectivity index (χ3v) is 4.47. The van der Waals surface area contributed by atoms with Crippen LogP contribution < -0.4 is 11.1 Å². The average molecular weight is 304 g/mol. The first-order chi connectivity index (χ1) is 7.55. The van der Waals surface area contributed by atoms with Crippen LogP contribution >= 0.6 is 27.5 Å². The summed E-state index contributed by atoms with van der Waals surface area (Å²) in [7, 11) is 0. The second-order valence-electron chi connectivity index (χ2n) is 4.65. The molecule has 0 aromatic heterocycles. The molecule has 0 radical (unpaired) electrons. The minimum absolute atomic E-state index is 0.00721. The van der Waals surface area contributed by atoms with Gasteiger partial charge in [-0.2, -0.15) is 0 Å². The Morgan fingerprint density at radius 2 is 2.25 bits per heavy atom. The zero-order chi connectivity index (χ0) is 11.8. The summed E-state index contributed by atoms with van der Waals surface area (Å²) >= 11 is 9.39. The van der Waals surface area contributed by atoms with E-state index in [4.69, 9.17) is 17.3 Å². The minimum atomic E-state index is 0.00721. The molecule has 1 aromatic carbocycles. The molecule has 0 saturated heterocycles. The van der Waals surface area contributed by atoms with Gasteiger partial charge >= 0.3 is 0 Å². The van der Waals surface area contributed by atoms with Crippen molar-refractivity contribution in [2.45, 2.75) is 25.3 Å². The summed E-state index contributed by atoms with van der Waals surface area (Å²) in [6, 6.07) is 5.87. The van der Waals surface area contributed by atoms with E-state index in [9.17, 15) is 0 Å². The lowest BCUT2D eigenvalue weighted by Gasteiger charge is -2.31. The molecule has 16 heavy (non-hydrogen) atoms. The predicted molar refractivity (Wildman–Crippen MR) is 73.0 cm³/mol. The van der Waals surface area contributed by atoms with Crippen LogP contribution in [0.5, 0.6) is 0 Å². The van der Waals surface area contributed by atoms with Gasteiger partial charge in [-0.25, -0.2) is 0 Å². The van der Waals surface area contributed by atoms with E-state index in [-0.39, 0.29) is 5.54 Å². The summed E-state index contributed by atoms with van der Waals surface area (Å²) in [6.45, 7) is 2.84. The number of nitrogens with two attached hydrogens (primary N) is 1. The second-order valence-corrected chi connectivity index (χ2v) is 5.91. The van der Waals surface area contributed by atoms with E-state index in [0.717, 1.165) is 15.2 Å². The fourth-order valence-corrected chi connectivity index (χ4v) is 2.44. The average Bonchev–Trinajstić information content (AvgIpc) is 3.07. The molecule has 1 atom stereocenters. The monoisotopic (exact) mass is 302 g/mol. The Balaban J connectivity index is 2.15. The number of halogens is 2. The smallest absolute Gasteiger partial charge is 0.0549 e. The Hall–Kier alpha value is -0.250. The van der Waals surface area contributed by atoms with Crippen molar-refractivity contribution in [3.05, 3.63) is 27.7 Å². The van der Waals surface area contributed by atoms with Crippen LogP contribution in [0.4, 0.5) is 5.69 Å². The number of rotatable bonds is 4. The molecular weight excluding hydrogens is 288 g/mol. The third-order valence-electron chi connectivity index (χ3n) is 3.25. The van der Waals surface area contributed by atoms with Crippen LogP contribution in [0.15, 0.2) is 22.7 Å². The molecule has 1 aromatic rings. The fourth-order valence-electron chi connectivity index (χ4n) is 1.94. The Morgan fingerprint density at radius 1 is 1.56 bits per heavy atom. The molecule has 3 N–H and O–H groups in total. The Kier molecular flexibility index (Phi) is 3.48. The number of hydrogen-bond acceptors (Lipinski definition) is 2. The summed E-state index contributed by atoms with van der Waals surface area (Å²) < 4.78 is 0.911. The van der Waals surface area contributed by atoms with Gasteiger partial charge in [-0.05, 0) is 59.8 Å². The highest BCUT2D eigenvalue weighted by Gasteiger charge is 2.40. The van der Waals surface area contributed by atoms with Crippen molar-refractivity contribution >= 4 is 33.2 Å². The zero-order valence-electron chi connectivity index (χ0n) is 9.26. The van der Waals surface area contributed by atoms with E-state index in [2.05, 4.69) is 28.2 Å². The van der Waals surface area contributed by atoms with Crippen molar-refractivity contribution in [2.24, 2.45) is 11.7 Å². The van der Waals surface area contributed by atoms with Crippen molar-refractivity contribution in [2.75, 3.05) is 11.9 Å². The van der Waals surface area contributed by atoms with E-state index in [1.165, 1.54) is 12.8 Å². The van der Waals surface area contributed by atoms with Gasteiger partial charge in [0.05, 0.1) is 5.02 Å². The first-order valence-corrected chi connectivity index (χ1v) is 6.65. The topological polar surface area (TPSA) is 38.0 Å². The van der Waals surface area contributed by atoms with E-state index < -0.39 is 0 Å². The summed E-state index contributed by atoms with van der Waals surface area (Å²) in [5.41, 5.74) is 6.94. The van der Waals surface area contributed by atoms with Crippen LogP contribution in [0.1, 0.15) is 19.8 Å². The molecular formula is C12H16BrClN2. The lowest BCUT2D eigenvalue weighted by Crippen LogP contribution is -2.44. The van der Waals surface area contributed by atoms with E-state index in [0.29, 0.717) is 12.5 Å². The molecule has 1 aliphatic rings. The summed E-state index contributed by atoms with van der Waals surface area (Å²) in [6.07, 6.45) is 2.55. The molecule has 1 unspecified atom stereocenters. The van der Waals surface area contributed by atoms with Crippen LogP contribution in [-0.4, -0.2) is 12.1 Å². The van der Waals surface area contributed by atoms with Gasteiger partial charge in [0, 0.05) is 22.2 Å². The first-order valence-electron chi connectivity index (χ1n) is 5.48. The summed E-state index contributed by atoms with van der Waals surface area (Å²) in [4.78, 5) is 0. The first kappa shape index (κ1) is 12.2. The predicted octanol–water partition coefficient (Wildman–Crippen LogP) is 3.64. The van der Waals surface area contributed by atoms with Crippen molar-refractivity contribution in [3.63, 3.8) is 0 Å². The van der Waals surface area contributed by atoms with Gasteiger partial charge in [0.15, 0.2) is 0 Å². The quantitative estimate of drug-likeness (QED) is 0.891. The largest absolute Gasteiger partial charge is 0.378 e. The standard InChI is InChI=1S/C12H16BrClN2/c1-12(7-15,8-2-3-8)16-9-4-5-11(14)10(13)6-9/h4-6,8,16H,2-3,7,15H2,1H3. The Labute approximate surface area is 110 Å². The highest BCUT2D eigenvalue weighted by Crippen LogP contribution is 2.41. The van der Waals surface area contributed by atoms with Gasteiger partial charge in [-0.3, -0.25) is 0 Å². The van der Waals surface area contributed by atoms with Crippen LogP contribution in [0, 0.1) is 5.92 Å². The highest BCUT2D eigenvalue weighted by molar-refractivity contribution is 9.10. The van der Waals surface area contributed by atoms with Crippen molar-refractivity contribution < 1.29 is 0 Å². The number of hydrogen-bond donors (Lipinski definition) is 2. The molecule has 0 amide bonds. The van der Waals surface area contributed by atoms with Gasteiger partial charge in [0.1, 0.15) is 0 Å². The zero-order valence-corrected chi connectivity index (χ0v) is 11.6. The number of nitrogens with one attached hydrogen (secondary N) is 1. The molecule has 0 heterocycles. The SMILES string of the molecule is CC(CN)(Nc1ccc(Cl)c(Br)c1)C1CC1. The maximum absolute atomic E-state index is 5.96. The van der Waals surface area contributed by atoms with Crippen molar-refractivity contribution in [1.29, 1.82) is 0 Å². The van der Waals surface area contributed by atoms with Crippen LogP contribution in [0.3, 0.4) is 0 Å². The van der Waals surface area contributed by atoms with Gasteiger partial charge < -0.3 is 11.1 Å². The molecule has 1 fully saturated rings. The highest BCUT2D eigenvalue weighted by atomic mass is 79.9. The maximum Gasteiger partial charge on any atom is 0.0549 e. The molecule has 2 rings (SSSR count). The molecule has 0 aliphatic heterocycles. The van der Waals surface area contributed by atoms with Crippen LogP contribution in [-0.2, 0) is 0 Å². The normalized spacial score (nSPS) is 19.2. The Bertz CT molecular complexity index is 393. The van der Waals surface area contributed by atoms with Gasteiger partial charge in [-0.15, -0.1) is 0 Å². The van der Waals surface area contributed by atoms with Crippen LogP contribution in [0.2, 0.25) is 5.02 Å². The number of anilines is 1. The lowest BCUT2D eigenvalue weighted by molar-refractivity contribution is 0.459. The number of benzene rings is 1. The van der Waals surface area contributed by atoms with E-state index in [1.54, 1.807) is 0 Å². The minimum Gasteiger partial charge on any atom is -0.378 e. The lowest BCUT2D eigenvalue weighted by atomic mass is 9.95. The fraction of sp³-hybridized carbons (Fsp3) is 0.500.